The number of nitrogens with zero attached hydrogens (tertiary/aromatic N) is 1. The van der Waals surface area contributed by atoms with Crippen molar-refractivity contribution in [1.82, 2.24) is 5.32 Å². The molecule has 0 aromatic heterocycles. The standard InChI is InChI=1S/C17H18N2O3/c1-12-7-6-8-13(11-12)22-15-10-5-4-9-14(15)16(19-21-3)17(20)18-2/h4-11H,1-3H3,(H,18,20)/b19-16+. The molecule has 0 atom stereocenters. The number of aryl methyl sites for hydroxylation is 1. The lowest BCUT2D eigenvalue weighted by molar-refractivity contribution is -0.114. The number of oxime groups is 1. The highest BCUT2D eigenvalue weighted by Gasteiger charge is 2.18. The van der Waals surface area contributed by atoms with Gasteiger partial charge in [0.25, 0.3) is 5.91 Å². The lowest BCUT2D eigenvalue weighted by Gasteiger charge is -2.12. The van der Waals surface area contributed by atoms with Crippen molar-refractivity contribution < 1.29 is 14.4 Å². The summed E-state index contributed by atoms with van der Waals surface area (Å²) in [5.41, 5.74) is 1.81. The van der Waals surface area contributed by atoms with Crippen LogP contribution >= 0.6 is 0 Å². The van der Waals surface area contributed by atoms with Gasteiger partial charge in [0.1, 0.15) is 18.6 Å². The third-order valence-corrected chi connectivity index (χ3v) is 2.98. The molecule has 0 radical (unpaired) electrons. The molecule has 1 N–H and O–H groups in total. The highest BCUT2D eigenvalue weighted by molar-refractivity contribution is 6.45. The van der Waals surface area contributed by atoms with E-state index in [9.17, 15) is 4.79 Å². The van der Waals surface area contributed by atoms with Crippen molar-refractivity contribution in [2.75, 3.05) is 14.2 Å². The maximum Gasteiger partial charge on any atom is 0.273 e. The zero-order valence-corrected chi connectivity index (χ0v) is 12.8. The van der Waals surface area contributed by atoms with Gasteiger partial charge in [-0.05, 0) is 36.8 Å². The molecule has 0 heterocycles. The molecule has 0 fully saturated rings. The second-order valence-electron chi connectivity index (χ2n) is 4.62. The normalized spacial score (nSPS) is 11.0. The quantitative estimate of drug-likeness (QED) is 0.682. The highest BCUT2D eigenvalue weighted by Crippen LogP contribution is 2.26. The second-order valence-corrected chi connectivity index (χ2v) is 4.62. The number of para-hydroxylation sites is 1. The van der Waals surface area contributed by atoms with Crippen LogP contribution in [0.25, 0.3) is 0 Å². The van der Waals surface area contributed by atoms with E-state index in [2.05, 4.69) is 10.5 Å². The Morgan fingerprint density at radius 2 is 1.91 bits per heavy atom. The minimum Gasteiger partial charge on any atom is -0.457 e. The van der Waals surface area contributed by atoms with E-state index in [1.54, 1.807) is 12.1 Å². The van der Waals surface area contributed by atoms with Crippen LogP contribution in [0.4, 0.5) is 0 Å². The number of carbonyl (C=O) groups is 1. The van der Waals surface area contributed by atoms with Crippen LogP contribution in [0, 0.1) is 6.92 Å². The molecule has 0 saturated heterocycles. The summed E-state index contributed by atoms with van der Waals surface area (Å²) in [6, 6.07) is 14.9. The molecule has 22 heavy (non-hydrogen) atoms. The number of nitrogens with one attached hydrogen (secondary N) is 1. The van der Waals surface area contributed by atoms with Gasteiger partial charge in [0.05, 0.1) is 5.56 Å². The first-order valence-electron chi connectivity index (χ1n) is 6.83. The molecule has 2 rings (SSSR count). The molecule has 0 aliphatic carbocycles. The molecule has 0 unspecified atom stereocenters. The fourth-order valence-electron chi connectivity index (χ4n) is 1.98. The van der Waals surface area contributed by atoms with Gasteiger partial charge < -0.3 is 14.9 Å². The zero-order chi connectivity index (χ0) is 15.9. The van der Waals surface area contributed by atoms with Crippen molar-refractivity contribution >= 4 is 11.6 Å². The van der Waals surface area contributed by atoms with Crippen molar-refractivity contribution in [2.45, 2.75) is 6.92 Å². The van der Waals surface area contributed by atoms with Crippen LogP contribution in [-0.4, -0.2) is 25.8 Å². The number of carbonyl (C=O) groups excluding carboxylic acids is 1. The van der Waals surface area contributed by atoms with E-state index in [0.717, 1.165) is 5.56 Å². The van der Waals surface area contributed by atoms with Crippen LogP contribution < -0.4 is 10.1 Å². The molecule has 114 valence electrons. The number of likely N-dealkylation sites (N-methyl/N-ethyl adjacent to an activating group) is 1. The molecule has 0 spiro atoms. The maximum absolute atomic E-state index is 12.0. The smallest absolute Gasteiger partial charge is 0.273 e. The van der Waals surface area contributed by atoms with Gasteiger partial charge in [-0.15, -0.1) is 0 Å². The van der Waals surface area contributed by atoms with Crippen LogP contribution in [0.15, 0.2) is 53.7 Å². The summed E-state index contributed by atoms with van der Waals surface area (Å²) in [4.78, 5) is 16.8. The number of hydrogen-bond donors (Lipinski definition) is 1. The molecule has 0 aliphatic heterocycles. The van der Waals surface area contributed by atoms with Crippen molar-refractivity contribution in [3.05, 3.63) is 59.7 Å². The summed E-state index contributed by atoms with van der Waals surface area (Å²) >= 11 is 0. The van der Waals surface area contributed by atoms with Crippen molar-refractivity contribution in [2.24, 2.45) is 5.16 Å². The third kappa shape index (κ3) is 3.63. The van der Waals surface area contributed by atoms with Crippen molar-refractivity contribution in [3.8, 4) is 11.5 Å². The molecular formula is C17H18N2O3. The Kier molecular flexibility index (Phi) is 5.14. The third-order valence-electron chi connectivity index (χ3n) is 2.98. The van der Waals surface area contributed by atoms with Gasteiger partial charge in [-0.25, -0.2) is 0 Å². The van der Waals surface area contributed by atoms with Crippen molar-refractivity contribution in [1.29, 1.82) is 0 Å². The van der Waals surface area contributed by atoms with Gasteiger partial charge in [-0.2, -0.15) is 0 Å². The molecule has 1 amide bonds. The first-order valence-corrected chi connectivity index (χ1v) is 6.83. The van der Waals surface area contributed by atoms with Gasteiger partial charge in [0.15, 0.2) is 5.71 Å². The molecule has 0 bridgehead atoms. The van der Waals surface area contributed by atoms with Crippen LogP contribution in [-0.2, 0) is 9.63 Å². The van der Waals surface area contributed by atoms with Gasteiger partial charge in [0, 0.05) is 7.05 Å². The molecular weight excluding hydrogens is 280 g/mol. The summed E-state index contributed by atoms with van der Waals surface area (Å²) in [5, 5.41) is 6.35. The van der Waals surface area contributed by atoms with Crippen LogP contribution in [0.5, 0.6) is 11.5 Å². The Morgan fingerprint density at radius 1 is 1.14 bits per heavy atom. The number of hydrogen-bond acceptors (Lipinski definition) is 4. The van der Waals surface area contributed by atoms with E-state index in [1.807, 2.05) is 43.3 Å². The highest BCUT2D eigenvalue weighted by atomic mass is 16.6. The Labute approximate surface area is 129 Å². The van der Waals surface area contributed by atoms with Gasteiger partial charge in [0.2, 0.25) is 0 Å². The average molecular weight is 298 g/mol. The van der Waals surface area contributed by atoms with Gasteiger partial charge in [-0.1, -0.05) is 29.4 Å². The first-order chi connectivity index (χ1) is 10.7. The average Bonchev–Trinajstić information content (AvgIpc) is 2.53. The predicted octanol–water partition coefficient (Wildman–Crippen LogP) is 2.88. The first kappa shape index (κ1) is 15.6. The predicted molar refractivity (Wildman–Crippen MR) is 85.3 cm³/mol. The molecule has 2 aromatic carbocycles. The monoisotopic (exact) mass is 298 g/mol. The van der Waals surface area contributed by atoms with Crippen molar-refractivity contribution in [3.63, 3.8) is 0 Å². The summed E-state index contributed by atoms with van der Waals surface area (Å²) in [7, 11) is 2.94. The summed E-state index contributed by atoms with van der Waals surface area (Å²) in [6.07, 6.45) is 0. The van der Waals surface area contributed by atoms with E-state index in [4.69, 9.17) is 9.57 Å². The van der Waals surface area contributed by atoms with Gasteiger partial charge >= 0.3 is 0 Å². The molecule has 0 saturated carbocycles. The molecule has 5 nitrogen and oxygen atoms in total. The summed E-state index contributed by atoms with van der Waals surface area (Å²) in [5.74, 6) is 0.885. The lowest BCUT2D eigenvalue weighted by atomic mass is 10.1. The molecule has 0 aliphatic rings. The number of rotatable bonds is 5. The SMILES string of the molecule is CNC(=O)/C(=N/OC)c1ccccc1Oc1cccc(C)c1. The van der Waals surface area contributed by atoms with Gasteiger partial charge in [-0.3, -0.25) is 4.79 Å². The van der Waals surface area contributed by atoms with E-state index in [0.29, 0.717) is 17.1 Å². The number of amides is 1. The minimum atomic E-state index is -0.345. The maximum atomic E-state index is 12.0. The molecule has 5 heteroatoms. The minimum absolute atomic E-state index is 0.160. The van der Waals surface area contributed by atoms with Crippen LogP contribution in [0.1, 0.15) is 11.1 Å². The Balaban J connectivity index is 2.41. The fraction of sp³-hybridized carbons (Fsp3) is 0.176. The van der Waals surface area contributed by atoms with E-state index < -0.39 is 0 Å². The topological polar surface area (TPSA) is 59.9 Å². The second kappa shape index (κ2) is 7.26. The Morgan fingerprint density at radius 3 is 2.59 bits per heavy atom. The zero-order valence-electron chi connectivity index (χ0n) is 12.8. The number of ether oxygens (including phenoxy) is 1. The summed E-state index contributed by atoms with van der Waals surface area (Å²) < 4.78 is 5.90. The lowest BCUT2D eigenvalue weighted by Crippen LogP contribution is -2.28. The van der Waals surface area contributed by atoms with Crippen LogP contribution in [0.2, 0.25) is 0 Å². The largest absolute Gasteiger partial charge is 0.457 e. The summed E-state index contributed by atoms with van der Waals surface area (Å²) in [6.45, 7) is 1.99. The van der Waals surface area contributed by atoms with E-state index >= 15 is 0 Å². The Bertz CT molecular complexity index is 696. The van der Waals surface area contributed by atoms with E-state index in [1.165, 1.54) is 14.2 Å². The fourth-order valence-corrected chi connectivity index (χ4v) is 1.98. The molecule has 2 aromatic rings. The Hall–Kier alpha value is -2.82. The van der Waals surface area contributed by atoms with Crippen LogP contribution in [0.3, 0.4) is 0 Å². The van der Waals surface area contributed by atoms with E-state index in [-0.39, 0.29) is 11.6 Å². The number of benzene rings is 2.